The van der Waals surface area contributed by atoms with Gasteiger partial charge in [-0.05, 0) is 30.7 Å². The van der Waals surface area contributed by atoms with Gasteiger partial charge < -0.3 is 14.7 Å². The zero-order chi connectivity index (χ0) is 14.3. The van der Waals surface area contributed by atoms with Crippen LogP contribution in [-0.2, 0) is 14.3 Å². The van der Waals surface area contributed by atoms with Crippen LogP contribution < -0.4 is 0 Å². The molecule has 0 aliphatic rings. The minimum Gasteiger partial charge on any atom is -0.508 e. The van der Waals surface area contributed by atoms with Gasteiger partial charge in [0.25, 0.3) is 0 Å². The zero-order valence-electron chi connectivity index (χ0n) is 11.0. The number of esters is 1. The number of carbonyl (C=O) groups excluding carboxylic acids is 2. The molecule has 0 aromatic heterocycles. The average molecular weight is 263 g/mol. The van der Waals surface area contributed by atoms with Crippen LogP contribution in [0.2, 0.25) is 0 Å². The number of hydrogen-bond donors (Lipinski definition) is 1. The third kappa shape index (κ3) is 5.25. The molecule has 102 valence electrons. The Morgan fingerprint density at radius 3 is 2.53 bits per heavy atom. The van der Waals surface area contributed by atoms with E-state index in [-0.39, 0.29) is 18.2 Å². The van der Waals surface area contributed by atoms with E-state index in [1.165, 1.54) is 30.2 Å². The van der Waals surface area contributed by atoms with Gasteiger partial charge in [-0.2, -0.15) is 0 Å². The van der Waals surface area contributed by atoms with Crippen molar-refractivity contribution in [1.82, 2.24) is 4.90 Å². The van der Waals surface area contributed by atoms with Gasteiger partial charge in [-0.1, -0.05) is 12.1 Å². The van der Waals surface area contributed by atoms with Crippen molar-refractivity contribution in [2.45, 2.75) is 6.92 Å². The third-order valence-electron chi connectivity index (χ3n) is 2.36. The molecule has 0 bridgehead atoms. The van der Waals surface area contributed by atoms with E-state index >= 15 is 0 Å². The van der Waals surface area contributed by atoms with Crippen molar-refractivity contribution in [2.75, 3.05) is 20.2 Å². The van der Waals surface area contributed by atoms with Gasteiger partial charge in [0.15, 0.2) is 0 Å². The summed E-state index contributed by atoms with van der Waals surface area (Å²) in [5, 5.41) is 9.12. The maximum atomic E-state index is 11.7. The number of amides is 1. The first-order valence-electron chi connectivity index (χ1n) is 5.90. The zero-order valence-corrected chi connectivity index (χ0v) is 11.0. The molecule has 1 rings (SSSR count). The number of aromatic hydroxyl groups is 1. The molecule has 1 aromatic carbocycles. The molecule has 0 heterocycles. The van der Waals surface area contributed by atoms with Crippen molar-refractivity contribution < 1.29 is 19.4 Å². The fourth-order valence-electron chi connectivity index (χ4n) is 1.36. The summed E-state index contributed by atoms with van der Waals surface area (Å²) in [6, 6.07) is 6.44. The van der Waals surface area contributed by atoms with Gasteiger partial charge in [-0.15, -0.1) is 0 Å². The highest BCUT2D eigenvalue weighted by molar-refractivity contribution is 5.93. The highest BCUT2D eigenvalue weighted by atomic mass is 16.5. The Morgan fingerprint density at radius 1 is 1.32 bits per heavy atom. The highest BCUT2D eigenvalue weighted by Crippen LogP contribution is 2.10. The van der Waals surface area contributed by atoms with Crippen molar-refractivity contribution in [3.05, 3.63) is 35.9 Å². The number of likely N-dealkylation sites (N-methyl/N-ethyl adjacent to an activating group) is 1. The number of ether oxygens (including phenoxy) is 1. The Morgan fingerprint density at radius 2 is 1.95 bits per heavy atom. The van der Waals surface area contributed by atoms with Gasteiger partial charge in [0.05, 0.1) is 6.61 Å². The van der Waals surface area contributed by atoms with E-state index in [9.17, 15) is 9.59 Å². The van der Waals surface area contributed by atoms with Gasteiger partial charge in [-0.25, -0.2) is 0 Å². The quantitative estimate of drug-likeness (QED) is 0.644. The van der Waals surface area contributed by atoms with E-state index in [0.29, 0.717) is 6.61 Å². The summed E-state index contributed by atoms with van der Waals surface area (Å²) in [5.41, 5.74) is 0.788. The molecule has 0 fully saturated rings. The van der Waals surface area contributed by atoms with E-state index in [0.717, 1.165) is 5.56 Å². The predicted molar refractivity (Wildman–Crippen MR) is 71.4 cm³/mol. The molecule has 0 spiro atoms. The molecule has 1 aromatic rings. The fraction of sp³-hybridized carbons (Fsp3) is 0.286. The van der Waals surface area contributed by atoms with Crippen LogP contribution in [0, 0.1) is 0 Å². The van der Waals surface area contributed by atoms with E-state index in [1.54, 1.807) is 25.1 Å². The van der Waals surface area contributed by atoms with Crippen LogP contribution in [0.3, 0.4) is 0 Å². The van der Waals surface area contributed by atoms with Crippen LogP contribution in [0.1, 0.15) is 12.5 Å². The molecule has 1 N–H and O–H groups in total. The minimum absolute atomic E-state index is 0.0768. The molecule has 5 nitrogen and oxygen atoms in total. The number of nitrogens with zero attached hydrogens (tertiary/aromatic N) is 1. The van der Waals surface area contributed by atoms with Crippen LogP contribution >= 0.6 is 0 Å². The molecule has 0 aliphatic carbocycles. The molecule has 0 saturated heterocycles. The number of hydrogen-bond acceptors (Lipinski definition) is 4. The Labute approximate surface area is 112 Å². The summed E-state index contributed by atoms with van der Waals surface area (Å²) in [6.07, 6.45) is 2.98. The maximum Gasteiger partial charge on any atom is 0.325 e. The summed E-state index contributed by atoms with van der Waals surface area (Å²) in [7, 11) is 1.53. The lowest BCUT2D eigenvalue weighted by atomic mass is 10.2. The van der Waals surface area contributed by atoms with Crippen molar-refractivity contribution in [1.29, 1.82) is 0 Å². The molecular formula is C14H17NO4. The topological polar surface area (TPSA) is 66.8 Å². The summed E-state index contributed by atoms with van der Waals surface area (Å²) in [4.78, 5) is 24.2. The van der Waals surface area contributed by atoms with Gasteiger partial charge in [0.2, 0.25) is 5.91 Å². The average Bonchev–Trinajstić information content (AvgIpc) is 2.37. The maximum absolute atomic E-state index is 11.7. The van der Waals surface area contributed by atoms with Crippen molar-refractivity contribution in [3.8, 4) is 5.75 Å². The van der Waals surface area contributed by atoms with E-state index in [2.05, 4.69) is 0 Å². The number of phenols is 1. The van der Waals surface area contributed by atoms with Crippen LogP contribution in [0.4, 0.5) is 0 Å². The third-order valence-corrected chi connectivity index (χ3v) is 2.36. The monoisotopic (exact) mass is 263 g/mol. The van der Waals surface area contributed by atoms with Crippen molar-refractivity contribution in [3.63, 3.8) is 0 Å². The lowest BCUT2D eigenvalue weighted by Gasteiger charge is -2.13. The molecule has 0 atom stereocenters. The van der Waals surface area contributed by atoms with E-state index < -0.39 is 5.97 Å². The number of phenolic OH excluding ortho intramolecular Hbond substituents is 1. The van der Waals surface area contributed by atoms with E-state index in [1.807, 2.05) is 0 Å². The first-order valence-corrected chi connectivity index (χ1v) is 5.90. The van der Waals surface area contributed by atoms with Gasteiger partial charge in [0, 0.05) is 13.1 Å². The summed E-state index contributed by atoms with van der Waals surface area (Å²) in [6.45, 7) is 1.93. The molecule has 1 amide bonds. The van der Waals surface area contributed by atoms with Crippen LogP contribution in [0.5, 0.6) is 5.75 Å². The second-order valence-electron chi connectivity index (χ2n) is 3.92. The largest absolute Gasteiger partial charge is 0.508 e. The molecular weight excluding hydrogens is 246 g/mol. The normalized spacial score (nSPS) is 10.4. The first kappa shape index (κ1) is 14.8. The highest BCUT2D eigenvalue weighted by Gasteiger charge is 2.10. The molecule has 0 aliphatic heterocycles. The number of benzene rings is 1. The van der Waals surface area contributed by atoms with Crippen molar-refractivity contribution in [2.24, 2.45) is 0 Å². The summed E-state index contributed by atoms with van der Waals surface area (Å²) >= 11 is 0. The predicted octanol–water partition coefficient (Wildman–Crippen LogP) is 1.43. The summed E-state index contributed by atoms with van der Waals surface area (Å²) in [5.74, 6) is -0.555. The Hall–Kier alpha value is -2.30. The van der Waals surface area contributed by atoms with Crippen LogP contribution in [0.15, 0.2) is 30.3 Å². The Bertz CT molecular complexity index is 465. The smallest absolute Gasteiger partial charge is 0.325 e. The Balaban J connectivity index is 2.54. The van der Waals surface area contributed by atoms with Crippen LogP contribution in [0.25, 0.3) is 6.08 Å². The van der Waals surface area contributed by atoms with Gasteiger partial charge in [-0.3, -0.25) is 9.59 Å². The molecule has 5 heteroatoms. The van der Waals surface area contributed by atoms with Crippen LogP contribution in [-0.4, -0.2) is 42.1 Å². The second-order valence-corrected chi connectivity index (χ2v) is 3.92. The number of carbonyl (C=O) groups is 2. The molecule has 0 saturated carbocycles. The minimum atomic E-state index is -0.434. The first-order chi connectivity index (χ1) is 9.02. The second kappa shape index (κ2) is 7.20. The molecule has 19 heavy (non-hydrogen) atoms. The lowest BCUT2D eigenvalue weighted by Crippen LogP contribution is -2.31. The van der Waals surface area contributed by atoms with Crippen molar-refractivity contribution >= 4 is 18.0 Å². The molecule has 0 unspecified atom stereocenters. The van der Waals surface area contributed by atoms with Gasteiger partial charge in [0.1, 0.15) is 12.3 Å². The lowest BCUT2D eigenvalue weighted by molar-refractivity contribution is -0.146. The number of rotatable bonds is 5. The fourth-order valence-corrected chi connectivity index (χ4v) is 1.36. The molecule has 0 radical (unpaired) electrons. The SMILES string of the molecule is CCOC(=O)CN(C)C(=O)C=Cc1ccc(O)cc1. The summed E-state index contributed by atoms with van der Waals surface area (Å²) < 4.78 is 4.75. The van der Waals surface area contributed by atoms with Gasteiger partial charge >= 0.3 is 5.97 Å². The standard InChI is InChI=1S/C14H17NO4/c1-3-19-14(18)10-15(2)13(17)9-6-11-4-7-12(16)8-5-11/h4-9,16H,3,10H2,1-2H3. The Kier molecular flexibility index (Phi) is 5.60. The van der Waals surface area contributed by atoms with E-state index in [4.69, 9.17) is 9.84 Å².